The molecule has 3 nitrogen and oxygen atoms in total. The van der Waals surface area contributed by atoms with Gasteiger partial charge in [-0.15, -0.1) is 0 Å². The van der Waals surface area contributed by atoms with Crippen molar-refractivity contribution in [3.8, 4) is 0 Å². The fraction of sp³-hybridized carbons (Fsp3) is 1.00. The summed E-state index contributed by atoms with van der Waals surface area (Å²) in [6, 6.07) is 2.30. The third-order valence-electron chi connectivity index (χ3n) is 2.66. The molecule has 0 amide bonds. The molecule has 0 fully saturated rings. The Morgan fingerprint density at radius 2 is 1.56 bits per heavy atom. The van der Waals surface area contributed by atoms with E-state index in [0.717, 1.165) is 44.6 Å². The van der Waals surface area contributed by atoms with Gasteiger partial charge >= 0.3 is 8.56 Å². The van der Waals surface area contributed by atoms with Gasteiger partial charge in [-0.1, -0.05) is 20.8 Å². The molecular formula is C12H29NO2Si. The number of hydrogen-bond acceptors (Lipinski definition) is 3. The van der Waals surface area contributed by atoms with Crippen LogP contribution >= 0.6 is 0 Å². The Hall–Kier alpha value is 0.0969. The smallest absolute Gasteiger partial charge is 0.337 e. The van der Waals surface area contributed by atoms with E-state index in [0.29, 0.717) is 0 Å². The van der Waals surface area contributed by atoms with Gasteiger partial charge in [0.2, 0.25) is 0 Å². The standard InChI is InChI=1S/C12H29NO2Si/c1-5-9-14-16(7-3,15-10-6-2)11-8-12(4)13/h12H,5-11,13H2,1-4H3. The van der Waals surface area contributed by atoms with Gasteiger partial charge in [0, 0.05) is 19.3 Å². The van der Waals surface area contributed by atoms with Gasteiger partial charge in [0.15, 0.2) is 0 Å². The Balaban J connectivity index is 4.27. The van der Waals surface area contributed by atoms with E-state index in [-0.39, 0.29) is 6.04 Å². The molecule has 0 bridgehead atoms. The quantitative estimate of drug-likeness (QED) is 0.604. The van der Waals surface area contributed by atoms with Crippen molar-refractivity contribution in [1.82, 2.24) is 0 Å². The zero-order chi connectivity index (χ0) is 12.4. The lowest BCUT2D eigenvalue weighted by molar-refractivity contribution is 0.167. The summed E-state index contributed by atoms with van der Waals surface area (Å²) in [6.07, 6.45) is 3.12. The van der Waals surface area contributed by atoms with Crippen LogP contribution in [0.25, 0.3) is 0 Å². The fourth-order valence-corrected chi connectivity index (χ4v) is 4.77. The second-order valence-corrected chi connectivity index (χ2v) is 8.08. The Morgan fingerprint density at radius 1 is 1.06 bits per heavy atom. The lowest BCUT2D eigenvalue weighted by Gasteiger charge is -2.30. The van der Waals surface area contributed by atoms with Crippen LogP contribution < -0.4 is 5.73 Å². The molecule has 0 aliphatic rings. The normalized spacial score (nSPS) is 14.1. The van der Waals surface area contributed by atoms with E-state index in [2.05, 4.69) is 27.7 Å². The Kier molecular flexibility index (Phi) is 9.22. The van der Waals surface area contributed by atoms with E-state index in [1.807, 2.05) is 0 Å². The van der Waals surface area contributed by atoms with E-state index in [1.54, 1.807) is 0 Å². The predicted molar refractivity (Wildman–Crippen MR) is 71.8 cm³/mol. The maximum atomic E-state index is 6.04. The van der Waals surface area contributed by atoms with E-state index in [1.165, 1.54) is 0 Å². The SMILES string of the molecule is CCCO[Si](CC)(CCC(C)N)OCCC. The molecule has 0 heterocycles. The predicted octanol–water partition coefficient (Wildman–Crippen LogP) is 3.04. The van der Waals surface area contributed by atoms with Crippen LogP contribution in [0.3, 0.4) is 0 Å². The minimum atomic E-state index is -1.95. The second-order valence-electron chi connectivity index (χ2n) is 4.48. The van der Waals surface area contributed by atoms with Crippen LogP contribution in [-0.2, 0) is 8.85 Å². The number of nitrogens with two attached hydrogens (primary N) is 1. The van der Waals surface area contributed by atoms with Gasteiger partial charge in [-0.3, -0.25) is 0 Å². The minimum Gasteiger partial charge on any atom is -0.394 e. The summed E-state index contributed by atoms with van der Waals surface area (Å²) < 4.78 is 12.1. The highest BCUT2D eigenvalue weighted by Crippen LogP contribution is 2.22. The van der Waals surface area contributed by atoms with Gasteiger partial charge in [0.25, 0.3) is 0 Å². The molecule has 0 aliphatic carbocycles. The molecule has 0 saturated carbocycles. The third kappa shape index (κ3) is 6.63. The van der Waals surface area contributed by atoms with Crippen LogP contribution in [0.2, 0.25) is 12.1 Å². The van der Waals surface area contributed by atoms with Gasteiger partial charge in [-0.2, -0.15) is 0 Å². The topological polar surface area (TPSA) is 44.5 Å². The molecule has 0 radical (unpaired) electrons. The van der Waals surface area contributed by atoms with Gasteiger partial charge in [-0.25, -0.2) is 0 Å². The molecule has 0 aromatic rings. The van der Waals surface area contributed by atoms with Crippen molar-refractivity contribution in [3.05, 3.63) is 0 Å². The maximum Gasteiger partial charge on any atom is 0.337 e. The monoisotopic (exact) mass is 247 g/mol. The largest absolute Gasteiger partial charge is 0.394 e. The number of rotatable bonds is 10. The molecule has 4 heteroatoms. The van der Waals surface area contributed by atoms with Crippen molar-refractivity contribution in [2.45, 2.75) is 65.1 Å². The summed E-state index contributed by atoms with van der Waals surface area (Å²) in [5, 5.41) is 0. The lowest BCUT2D eigenvalue weighted by Crippen LogP contribution is -2.43. The second kappa shape index (κ2) is 9.16. The Morgan fingerprint density at radius 3 is 1.88 bits per heavy atom. The van der Waals surface area contributed by atoms with Crippen LogP contribution in [0, 0.1) is 0 Å². The van der Waals surface area contributed by atoms with Gasteiger partial charge in [0.05, 0.1) is 0 Å². The highest BCUT2D eigenvalue weighted by molar-refractivity contribution is 6.67. The molecule has 0 rings (SSSR count). The zero-order valence-electron chi connectivity index (χ0n) is 11.4. The summed E-state index contributed by atoms with van der Waals surface area (Å²) in [6.45, 7) is 10.2. The van der Waals surface area contributed by atoms with Crippen molar-refractivity contribution in [2.24, 2.45) is 5.73 Å². The molecule has 0 saturated heterocycles. The van der Waals surface area contributed by atoms with Gasteiger partial charge in [0.1, 0.15) is 0 Å². The van der Waals surface area contributed by atoms with E-state index in [4.69, 9.17) is 14.6 Å². The van der Waals surface area contributed by atoms with Gasteiger partial charge < -0.3 is 14.6 Å². The molecule has 1 unspecified atom stereocenters. The van der Waals surface area contributed by atoms with Crippen LogP contribution in [0.1, 0.15) is 47.0 Å². The van der Waals surface area contributed by atoms with Gasteiger partial charge in [-0.05, 0) is 38.3 Å². The molecular weight excluding hydrogens is 218 g/mol. The van der Waals surface area contributed by atoms with E-state index < -0.39 is 8.56 Å². The summed E-state index contributed by atoms with van der Waals surface area (Å²) in [7, 11) is -1.95. The molecule has 2 N–H and O–H groups in total. The minimum absolute atomic E-state index is 0.244. The highest BCUT2D eigenvalue weighted by Gasteiger charge is 2.35. The van der Waals surface area contributed by atoms with Crippen LogP contribution in [-0.4, -0.2) is 27.8 Å². The highest BCUT2D eigenvalue weighted by atomic mass is 28.4. The Labute approximate surface area is 102 Å². The van der Waals surface area contributed by atoms with Crippen LogP contribution in [0.4, 0.5) is 0 Å². The summed E-state index contributed by atoms with van der Waals surface area (Å²) in [5.41, 5.74) is 5.82. The Bertz CT molecular complexity index is 157. The zero-order valence-corrected chi connectivity index (χ0v) is 12.4. The molecule has 0 aromatic carbocycles. The summed E-state index contributed by atoms with van der Waals surface area (Å²) in [5.74, 6) is 0. The summed E-state index contributed by atoms with van der Waals surface area (Å²) in [4.78, 5) is 0. The van der Waals surface area contributed by atoms with Crippen molar-refractivity contribution in [2.75, 3.05) is 13.2 Å². The number of hydrogen-bond donors (Lipinski definition) is 1. The third-order valence-corrected chi connectivity index (χ3v) is 6.25. The summed E-state index contributed by atoms with van der Waals surface area (Å²) >= 11 is 0. The molecule has 0 spiro atoms. The van der Waals surface area contributed by atoms with Crippen LogP contribution in [0.15, 0.2) is 0 Å². The molecule has 0 aliphatic heterocycles. The average molecular weight is 247 g/mol. The molecule has 98 valence electrons. The molecule has 1 atom stereocenters. The van der Waals surface area contributed by atoms with E-state index in [9.17, 15) is 0 Å². The molecule has 0 aromatic heterocycles. The first kappa shape index (κ1) is 16.1. The first-order valence-electron chi connectivity index (χ1n) is 6.63. The van der Waals surface area contributed by atoms with Crippen molar-refractivity contribution in [1.29, 1.82) is 0 Å². The first-order valence-corrected chi connectivity index (χ1v) is 8.86. The van der Waals surface area contributed by atoms with Crippen molar-refractivity contribution >= 4 is 8.56 Å². The lowest BCUT2D eigenvalue weighted by atomic mass is 10.3. The van der Waals surface area contributed by atoms with E-state index >= 15 is 0 Å². The fourth-order valence-electron chi connectivity index (χ4n) is 1.59. The van der Waals surface area contributed by atoms with Crippen LogP contribution in [0.5, 0.6) is 0 Å². The molecule has 16 heavy (non-hydrogen) atoms. The average Bonchev–Trinajstić information content (AvgIpc) is 2.29. The maximum absolute atomic E-state index is 6.04. The first-order chi connectivity index (χ1) is 7.60. The van der Waals surface area contributed by atoms with Crippen molar-refractivity contribution < 1.29 is 8.85 Å². The van der Waals surface area contributed by atoms with Crippen molar-refractivity contribution in [3.63, 3.8) is 0 Å².